The molecular weight excluding hydrogens is 523 g/mol. The van der Waals surface area contributed by atoms with Gasteiger partial charge in [-0.2, -0.15) is 0 Å². The van der Waals surface area contributed by atoms with E-state index in [4.69, 9.17) is 4.99 Å². The van der Waals surface area contributed by atoms with Crippen LogP contribution in [-0.2, 0) is 16.6 Å². The third kappa shape index (κ3) is 6.66. The Balaban J connectivity index is 0.00000341. The molecule has 0 aliphatic carbocycles. The molecule has 0 aromatic heterocycles. The Labute approximate surface area is 203 Å². The summed E-state index contributed by atoms with van der Waals surface area (Å²) >= 11 is 0. The Bertz CT molecular complexity index is 949. The third-order valence-electron chi connectivity index (χ3n) is 5.68. The summed E-state index contributed by atoms with van der Waals surface area (Å²) in [5, 5.41) is 3.41. The first-order chi connectivity index (χ1) is 14.4. The fraction of sp³-hybridized carbons (Fsp3) is 0.435. The van der Waals surface area contributed by atoms with E-state index in [1.165, 1.54) is 12.6 Å². The van der Waals surface area contributed by atoms with E-state index in [0.717, 1.165) is 37.6 Å². The number of nitrogens with one attached hydrogen (secondary N) is 2. The number of nitrogens with zero attached hydrogens (tertiary/aromatic N) is 2. The van der Waals surface area contributed by atoms with Crippen molar-refractivity contribution in [3.8, 4) is 0 Å². The van der Waals surface area contributed by atoms with Crippen LogP contribution < -0.4 is 10.0 Å². The van der Waals surface area contributed by atoms with Crippen LogP contribution in [-0.4, -0.2) is 46.0 Å². The summed E-state index contributed by atoms with van der Waals surface area (Å²) in [6, 6.07) is 17.7. The standard InChI is InChI=1S/C23H32N4O2S.HI/c1-4-25-23(26-16-19-10-12-21(13-11-19)30(28,29)24-3)27-15-14-22(18(2)17-27)20-8-6-5-7-9-20;/h5-13,18,22,24H,4,14-17H2,1-3H3,(H,25,26);1H. The largest absolute Gasteiger partial charge is 0.357 e. The van der Waals surface area contributed by atoms with Crippen molar-refractivity contribution in [2.75, 3.05) is 26.7 Å². The van der Waals surface area contributed by atoms with Crippen LogP contribution in [0.25, 0.3) is 0 Å². The van der Waals surface area contributed by atoms with E-state index in [9.17, 15) is 8.42 Å². The van der Waals surface area contributed by atoms with Gasteiger partial charge in [0.15, 0.2) is 5.96 Å². The zero-order chi connectivity index (χ0) is 21.6. The molecule has 31 heavy (non-hydrogen) atoms. The van der Waals surface area contributed by atoms with Crippen LogP contribution in [0.15, 0.2) is 64.5 Å². The molecule has 0 radical (unpaired) electrons. The monoisotopic (exact) mass is 556 g/mol. The zero-order valence-corrected chi connectivity index (χ0v) is 21.6. The second-order valence-corrected chi connectivity index (χ2v) is 9.64. The first-order valence-electron chi connectivity index (χ1n) is 10.5. The summed E-state index contributed by atoms with van der Waals surface area (Å²) in [6.45, 7) is 7.64. The molecule has 2 aromatic rings. The highest BCUT2D eigenvalue weighted by molar-refractivity contribution is 14.0. The Kier molecular flexibility index (Phi) is 9.77. The van der Waals surface area contributed by atoms with E-state index in [1.807, 2.05) is 12.1 Å². The molecule has 2 aromatic carbocycles. The van der Waals surface area contributed by atoms with Gasteiger partial charge < -0.3 is 10.2 Å². The molecule has 1 aliphatic rings. The molecule has 1 heterocycles. The summed E-state index contributed by atoms with van der Waals surface area (Å²) in [7, 11) is -2.00. The quantitative estimate of drug-likeness (QED) is 0.323. The highest BCUT2D eigenvalue weighted by Crippen LogP contribution is 2.32. The van der Waals surface area contributed by atoms with Crippen molar-refractivity contribution in [3.05, 3.63) is 65.7 Å². The topological polar surface area (TPSA) is 73.8 Å². The number of piperidine rings is 1. The maximum Gasteiger partial charge on any atom is 0.240 e. The van der Waals surface area contributed by atoms with Crippen molar-refractivity contribution in [1.29, 1.82) is 0 Å². The average molecular weight is 557 g/mol. The highest BCUT2D eigenvalue weighted by atomic mass is 127. The number of likely N-dealkylation sites (tertiary alicyclic amines) is 1. The SMILES string of the molecule is CCNC(=NCc1ccc(S(=O)(=O)NC)cc1)N1CCC(c2ccccc2)C(C)C1.I. The molecule has 0 saturated carbocycles. The van der Waals surface area contributed by atoms with Gasteiger partial charge in [0, 0.05) is 19.6 Å². The van der Waals surface area contributed by atoms with Gasteiger partial charge in [-0.15, -0.1) is 24.0 Å². The molecule has 0 spiro atoms. The molecule has 6 nitrogen and oxygen atoms in total. The van der Waals surface area contributed by atoms with Gasteiger partial charge in [-0.05, 0) is 55.5 Å². The summed E-state index contributed by atoms with van der Waals surface area (Å²) in [6.07, 6.45) is 1.10. The number of halogens is 1. The van der Waals surface area contributed by atoms with Gasteiger partial charge in [0.25, 0.3) is 0 Å². The smallest absolute Gasteiger partial charge is 0.240 e. The van der Waals surface area contributed by atoms with E-state index in [2.05, 4.69) is 59.1 Å². The summed E-state index contributed by atoms with van der Waals surface area (Å²) < 4.78 is 26.1. The predicted molar refractivity (Wildman–Crippen MR) is 137 cm³/mol. The minimum absolute atomic E-state index is 0. The minimum atomic E-state index is -3.41. The minimum Gasteiger partial charge on any atom is -0.357 e. The number of guanidine groups is 1. The molecule has 2 unspecified atom stereocenters. The molecule has 1 fully saturated rings. The molecule has 2 atom stereocenters. The lowest BCUT2D eigenvalue weighted by molar-refractivity contribution is 0.234. The Hall–Kier alpha value is -1.65. The molecule has 170 valence electrons. The van der Waals surface area contributed by atoms with Crippen molar-refractivity contribution >= 4 is 40.0 Å². The fourth-order valence-electron chi connectivity index (χ4n) is 4.02. The first-order valence-corrected chi connectivity index (χ1v) is 12.0. The molecule has 1 saturated heterocycles. The maximum atomic E-state index is 11.9. The Morgan fingerprint density at radius 2 is 1.81 bits per heavy atom. The molecule has 8 heteroatoms. The molecule has 0 amide bonds. The molecule has 1 aliphatic heterocycles. The second-order valence-electron chi connectivity index (χ2n) is 7.75. The van der Waals surface area contributed by atoms with Crippen molar-refractivity contribution < 1.29 is 8.42 Å². The number of benzene rings is 2. The Morgan fingerprint density at radius 3 is 2.39 bits per heavy atom. The van der Waals surface area contributed by atoms with Gasteiger partial charge in [0.2, 0.25) is 10.0 Å². The van der Waals surface area contributed by atoms with Gasteiger partial charge >= 0.3 is 0 Å². The van der Waals surface area contributed by atoms with Crippen LogP contribution in [0.3, 0.4) is 0 Å². The predicted octanol–water partition coefficient (Wildman–Crippen LogP) is 3.80. The number of hydrogen-bond acceptors (Lipinski definition) is 3. The zero-order valence-electron chi connectivity index (χ0n) is 18.4. The average Bonchev–Trinajstić information content (AvgIpc) is 2.77. The van der Waals surface area contributed by atoms with E-state index < -0.39 is 10.0 Å². The highest BCUT2D eigenvalue weighted by Gasteiger charge is 2.28. The van der Waals surface area contributed by atoms with Gasteiger partial charge in [-0.1, -0.05) is 49.4 Å². The number of rotatable bonds is 6. The molecular formula is C23H33IN4O2S. The number of sulfonamides is 1. The van der Waals surface area contributed by atoms with Gasteiger partial charge in [-0.25, -0.2) is 18.1 Å². The lowest BCUT2D eigenvalue weighted by Gasteiger charge is -2.39. The molecule has 3 rings (SSSR count). The fourth-order valence-corrected chi connectivity index (χ4v) is 4.75. The lowest BCUT2D eigenvalue weighted by Crippen LogP contribution is -2.48. The number of hydrogen-bond donors (Lipinski definition) is 2. The van der Waals surface area contributed by atoms with Crippen LogP contribution in [0.1, 0.15) is 37.3 Å². The third-order valence-corrected chi connectivity index (χ3v) is 7.11. The van der Waals surface area contributed by atoms with E-state index >= 15 is 0 Å². The normalized spacial score (nSPS) is 19.6. The van der Waals surface area contributed by atoms with E-state index in [0.29, 0.717) is 18.4 Å². The van der Waals surface area contributed by atoms with Gasteiger partial charge in [0.1, 0.15) is 0 Å². The first kappa shape index (κ1) is 25.6. The number of aliphatic imine (C=N–C) groups is 1. The van der Waals surface area contributed by atoms with Crippen LogP contribution >= 0.6 is 24.0 Å². The second kappa shape index (κ2) is 11.8. The lowest BCUT2D eigenvalue weighted by atomic mass is 9.82. The molecule has 0 bridgehead atoms. The van der Waals surface area contributed by atoms with Crippen LogP contribution in [0, 0.1) is 5.92 Å². The van der Waals surface area contributed by atoms with Crippen molar-refractivity contribution in [3.63, 3.8) is 0 Å². The van der Waals surface area contributed by atoms with Crippen LogP contribution in [0.5, 0.6) is 0 Å². The van der Waals surface area contributed by atoms with Crippen LogP contribution in [0.2, 0.25) is 0 Å². The summed E-state index contributed by atoms with van der Waals surface area (Å²) in [5.41, 5.74) is 2.40. The van der Waals surface area contributed by atoms with Crippen LogP contribution in [0.4, 0.5) is 0 Å². The van der Waals surface area contributed by atoms with E-state index in [1.54, 1.807) is 12.1 Å². The maximum absolute atomic E-state index is 11.9. The Morgan fingerprint density at radius 1 is 1.13 bits per heavy atom. The summed E-state index contributed by atoms with van der Waals surface area (Å²) in [5.74, 6) is 2.03. The van der Waals surface area contributed by atoms with Crippen molar-refractivity contribution in [1.82, 2.24) is 14.9 Å². The van der Waals surface area contributed by atoms with E-state index in [-0.39, 0.29) is 28.9 Å². The van der Waals surface area contributed by atoms with Gasteiger partial charge in [-0.3, -0.25) is 0 Å². The van der Waals surface area contributed by atoms with Crippen molar-refractivity contribution in [2.24, 2.45) is 10.9 Å². The summed E-state index contributed by atoms with van der Waals surface area (Å²) in [4.78, 5) is 7.42. The van der Waals surface area contributed by atoms with Crippen molar-refractivity contribution in [2.45, 2.75) is 37.6 Å². The van der Waals surface area contributed by atoms with Gasteiger partial charge in [0.05, 0.1) is 11.4 Å². The molecule has 2 N–H and O–H groups in total.